The maximum absolute atomic E-state index is 8.82. The summed E-state index contributed by atoms with van der Waals surface area (Å²) in [5, 5.41) is 17.6. The molecular weight excluding hydrogens is 276 g/mol. The normalized spacial score (nSPS) is 9.73. The van der Waals surface area contributed by atoms with Crippen molar-refractivity contribution in [3.05, 3.63) is 72.6 Å². The highest BCUT2D eigenvalue weighted by Gasteiger charge is 2.16. The van der Waals surface area contributed by atoms with Gasteiger partial charge < -0.3 is 0 Å². The van der Waals surface area contributed by atoms with Crippen LogP contribution >= 0.6 is 0 Å². The van der Waals surface area contributed by atoms with E-state index >= 15 is 0 Å². The minimum absolute atomic E-state index is 0.590. The summed E-state index contributed by atoms with van der Waals surface area (Å²) in [5.74, 6) is 1.37. The molecular formula is C16H10N6+2. The van der Waals surface area contributed by atoms with Crippen LogP contribution in [0.5, 0.6) is 0 Å². The van der Waals surface area contributed by atoms with Crippen LogP contribution in [-0.2, 0) is 0 Å². The average molecular weight is 286 g/mol. The standard InChI is InChI=1S/C16H10N6/c17-10-13-1-5-21(6-2-13)15-9-16(20-12-19-15)22-7-3-14(11-18)4-8-22/h1-9,12H/q+2. The van der Waals surface area contributed by atoms with E-state index in [0.29, 0.717) is 22.8 Å². The van der Waals surface area contributed by atoms with Crippen molar-refractivity contribution in [2.24, 2.45) is 0 Å². The number of hydrogen-bond donors (Lipinski definition) is 0. The van der Waals surface area contributed by atoms with E-state index in [0.717, 1.165) is 0 Å². The molecule has 6 heteroatoms. The van der Waals surface area contributed by atoms with Crippen molar-refractivity contribution in [2.45, 2.75) is 0 Å². The molecule has 3 rings (SSSR count). The van der Waals surface area contributed by atoms with Gasteiger partial charge in [0.05, 0.1) is 48.1 Å². The molecule has 3 heterocycles. The van der Waals surface area contributed by atoms with Crippen molar-refractivity contribution in [3.63, 3.8) is 0 Å². The zero-order chi connectivity index (χ0) is 15.4. The number of aromatic nitrogens is 4. The number of pyridine rings is 2. The zero-order valence-corrected chi connectivity index (χ0v) is 11.5. The smallest absolute Gasteiger partial charge is 0.203 e. The van der Waals surface area contributed by atoms with Crippen LogP contribution in [-0.4, -0.2) is 9.97 Å². The van der Waals surface area contributed by atoms with Crippen LogP contribution in [0.25, 0.3) is 11.6 Å². The molecule has 0 spiro atoms. The van der Waals surface area contributed by atoms with Crippen molar-refractivity contribution < 1.29 is 9.13 Å². The maximum atomic E-state index is 8.82. The fourth-order valence-corrected chi connectivity index (χ4v) is 1.93. The van der Waals surface area contributed by atoms with E-state index in [1.54, 1.807) is 58.2 Å². The average Bonchev–Trinajstić information content (AvgIpc) is 2.62. The summed E-state index contributed by atoms with van der Waals surface area (Å²) in [7, 11) is 0. The second kappa shape index (κ2) is 5.78. The van der Waals surface area contributed by atoms with Crippen molar-refractivity contribution in [3.8, 4) is 23.8 Å². The Labute approximate surface area is 126 Å². The van der Waals surface area contributed by atoms with E-state index in [1.807, 2.05) is 6.07 Å². The molecule has 0 bridgehead atoms. The van der Waals surface area contributed by atoms with Crippen LogP contribution < -0.4 is 9.13 Å². The van der Waals surface area contributed by atoms with Crippen molar-refractivity contribution in [2.75, 3.05) is 0 Å². The minimum atomic E-state index is 0.590. The summed E-state index contributed by atoms with van der Waals surface area (Å²) in [5.41, 5.74) is 1.18. The summed E-state index contributed by atoms with van der Waals surface area (Å²) in [4.78, 5) is 8.46. The van der Waals surface area contributed by atoms with E-state index in [9.17, 15) is 0 Å². The van der Waals surface area contributed by atoms with Crippen LogP contribution in [0.1, 0.15) is 11.1 Å². The van der Waals surface area contributed by atoms with Crippen molar-refractivity contribution in [1.29, 1.82) is 10.5 Å². The second-order valence-electron chi connectivity index (χ2n) is 4.45. The van der Waals surface area contributed by atoms with E-state index in [2.05, 4.69) is 22.1 Å². The van der Waals surface area contributed by atoms with Crippen LogP contribution in [0.3, 0.4) is 0 Å². The number of nitrogens with zero attached hydrogens (tertiary/aromatic N) is 6. The maximum Gasteiger partial charge on any atom is 0.340 e. The van der Waals surface area contributed by atoms with Crippen LogP contribution in [0, 0.1) is 22.7 Å². The number of hydrogen-bond acceptors (Lipinski definition) is 4. The van der Waals surface area contributed by atoms with E-state index in [4.69, 9.17) is 10.5 Å². The van der Waals surface area contributed by atoms with Gasteiger partial charge in [0.1, 0.15) is 6.07 Å². The molecule has 0 fully saturated rings. The SMILES string of the molecule is N#Cc1cc[n+](-c2cc(-[n+]3ccc(C#N)cc3)ncn2)cc1. The minimum Gasteiger partial charge on any atom is -0.203 e. The van der Waals surface area contributed by atoms with Gasteiger partial charge in [0.25, 0.3) is 0 Å². The summed E-state index contributed by atoms with van der Waals surface area (Å²) in [6.45, 7) is 0. The Kier molecular flexibility index (Phi) is 3.51. The number of nitriles is 2. The fourth-order valence-electron chi connectivity index (χ4n) is 1.93. The summed E-state index contributed by atoms with van der Waals surface area (Å²) in [6.07, 6.45) is 8.56. The highest BCUT2D eigenvalue weighted by atomic mass is 15.1. The Balaban J connectivity index is 1.98. The van der Waals surface area contributed by atoms with Gasteiger partial charge in [-0.2, -0.15) is 10.5 Å². The highest BCUT2D eigenvalue weighted by Crippen LogP contribution is 2.00. The first kappa shape index (κ1) is 13.3. The van der Waals surface area contributed by atoms with Gasteiger partial charge in [-0.15, -0.1) is 0 Å². The topological polar surface area (TPSA) is 81.1 Å². The van der Waals surface area contributed by atoms with Crippen molar-refractivity contribution >= 4 is 0 Å². The first-order valence-electron chi connectivity index (χ1n) is 6.46. The predicted molar refractivity (Wildman–Crippen MR) is 74.5 cm³/mol. The van der Waals surface area contributed by atoms with Gasteiger partial charge >= 0.3 is 18.0 Å². The lowest BCUT2D eigenvalue weighted by atomic mass is 10.3. The lowest BCUT2D eigenvalue weighted by Gasteiger charge is -1.97. The largest absolute Gasteiger partial charge is 0.340 e. The van der Waals surface area contributed by atoms with E-state index in [1.165, 1.54) is 6.33 Å². The molecule has 0 saturated carbocycles. The monoisotopic (exact) mass is 286 g/mol. The van der Waals surface area contributed by atoms with Gasteiger partial charge in [-0.25, -0.2) is 9.13 Å². The summed E-state index contributed by atoms with van der Waals surface area (Å²) in [6, 6.07) is 12.8. The third-order valence-corrected chi connectivity index (χ3v) is 3.08. The first-order chi connectivity index (χ1) is 10.8. The van der Waals surface area contributed by atoms with E-state index < -0.39 is 0 Å². The zero-order valence-electron chi connectivity index (χ0n) is 11.5. The molecule has 22 heavy (non-hydrogen) atoms. The van der Waals surface area contributed by atoms with Crippen LogP contribution in [0.15, 0.2) is 61.4 Å². The van der Waals surface area contributed by atoms with Crippen LogP contribution in [0.2, 0.25) is 0 Å². The Bertz CT molecular complexity index is 813. The molecule has 0 N–H and O–H groups in total. The molecule has 0 aromatic carbocycles. The van der Waals surface area contributed by atoms with E-state index in [-0.39, 0.29) is 0 Å². The van der Waals surface area contributed by atoms with Gasteiger partial charge in [0.15, 0.2) is 0 Å². The third kappa shape index (κ3) is 2.62. The Morgan fingerprint density at radius 2 is 1.14 bits per heavy atom. The molecule has 0 saturated heterocycles. The van der Waals surface area contributed by atoms with Gasteiger partial charge in [-0.3, -0.25) is 0 Å². The number of rotatable bonds is 2. The van der Waals surface area contributed by atoms with Crippen LogP contribution in [0.4, 0.5) is 0 Å². The lowest BCUT2D eigenvalue weighted by Crippen LogP contribution is -2.35. The molecule has 0 aliphatic heterocycles. The first-order valence-corrected chi connectivity index (χ1v) is 6.46. The fraction of sp³-hybridized carbons (Fsp3) is 0. The van der Waals surface area contributed by atoms with Gasteiger partial charge in [-0.1, -0.05) is 0 Å². The van der Waals surface area contributed by atoms with Gasteiger partial charge in [0.2, 0.25) is 0 Å². The second-order valence-corrected chi connectivity index (χ2v) is 4.45. The van der Waals surface area contributed by atoms with Gasteiger partial charge in [-0.05, 0) is 34.2 Å². The molecule has 102 valence electrons. The summed E-state index contributed by atoms with van der Waals surface area (Å²) >= 11 is 0. The lowest BCUT2D eigenvalue weighted by molar-refractivity contribution is -0.608. The molecule has 6 nitrogen and oxygen atoms in total. The highest BCUT2D eigenvalue weighted by molar-refractivity contribution is 5.26. The van der Waals surface area contributed by atoms with Gasteiger partial charge in [0, 0.05) is 0 Å². The summed E-state index contributed by atoms with van der Waals surface area (Å²) < 4.78 is 3.60. The molecule has 3 aromatic rings. The molecule has 0 amide bonds. The third-order valence-electron chi connectivity index (χ3n) is 3.08. The Hall–Kier alpha value is -3.64. The molecule has 0 unspecified atom stereocenters. The molecule has 0 aliphatic rings. The predicted octanol–water partition coefficient (Wildman–Crippen LogP) is 0.773. The Morgan fingerprint density at radius 1 is 0.727 bits per heavy atom. The molecule has 0 atom stereocenters. The van der Waals surface area contributed by atoms with Crippen molar-refractivity contribution in [1.82, 2.24) is 9.97 Å². The quantitative estimate of drug-likeness (QED) is 0.652. The Morgan fingerprint density at radius 3 is 1.50 bits per heavy atom. The molecule has 0 aliphatic carbocycles. The molecule has 0 radical (unpaired) electrons. The molecule has 3 aromatic heterocycles.